The van der Waals surface area contributed by atoms with Gasteiger partial charge in [-0.2, -0.15) is 0 Å². The normalized spacial score (nSPS) is 16.2. The largest absolute Gasteiger partial charge is 0.452 e. The van der Waals surface area contributed by atoms with Crippen molar-refractivity contribution in [2.75, 3.05) is 16.8 Å². The molecule has 1 aliphatic rings. The summed E-state index contributed by atoms with van der Waals surface area (Å²) in [6.45, 7) is 1.24. The summed E-state index contributed by atoms with van der Waals surface area (Å²) in [7, 11) is 0. The molecule has 0 fully saturated rings. The lowest BCUT2D eigenvalue weighted by molar-refractivity contribution is -0.143. The van der Waals surface area contributed by atoms with E-state index >= 15 is 0 Å². The third kappa shape index (κ3) is 5.08. The SMILES string of the molecule is C[C@H]1CC(=O)Nc2ccccc2N1C(=O)COC(=O)/C=C/c1cc(Br)ccc1F. The summed E-state index contributed by atoms with van der Waals surface area (Å²) in [5.74, 6) is -1.92. The van der Waals surface area contributed by atoms with Gasteiger partial charge in [-0.05, 0) is 43.3 Å². The van der Waals surface area contributed by atoms with Gasteiger partial charge in [0.25, 0.3) is 5.91 Å². The van der Waals surface area contributed by atoms with Crippen molar-refractivity contribution < 1.29 is 23.5 Å². The molecule has 29 heavy (non-hydrogen) atoms. The first-order valence-electron chi connectivity index (χ1n) is 8.86. The van der Waals surface area contributed by atoms with Crippen LogP contribution >= 0.6 is 15.9 Å². The zero-order chi connectivity index (χ0) is 21.0. The number of anilines is 2. The Balaban J connectivity index is 1.68. The second-order valence-electron chi connectivity index (χ2n) is 6.49. The summed E-state index contributed by atoms with van der Waals surface area (Å²) in [4.78, 5) is 38.1. The van der Waals surface area contributed by atoms with Crippen molar-refractivity contribution in [2.24, 2.45) is 0 Å². The number of para-hydroxylation sites is 2. The molecule has 150 valence electrons. The number of esters is 1. The molecule has 1 aliphatic heterocycles. The number of nitrogens with one attached hydrogen (secondary N) is 1. The highest BCUT2D eigenvalue weighted by Gasteiger charge is 2.29. The van der Waals surface area contributed by atoms with E-state index in [0.717, 1.165) is 6.08 Å². The molecule has 0 unspecified atom stereocenters. The Morgan fingerprint density at radius 3 is 2.86 bits per heavy atom. The molecular weight excluding hydrogens is 443 g/mol. The molecule has 0 saturated heterocycles. The Morgan fingerprint density at radius 2 is 2.07 bits per heavy atom. The van der Waals surface area contributed by atoms with Crippen LogP contribution in [0.3, 0.4) is 0 Å². The van der Waals surface area contributed by atoms with Crippen LogP contribution in [0.2, 0.25) is 0 Å². The number of ether oxygens (including phenoxy) is 1. The molecular formula is C21H18BrFN2O4. The van der Waals surface area contributed by atoms with Crippen molar-refractivity contribution >= 4 is 51.2 Å². The van der Waals surface area contributed by atoms with E-state index in [-0.39, 0.29) is 17.9 Å². The average molecular weight is 461 g/mol. The van der Waals surface area contributed by atoms with Gasteiger partial charge in [0.15, 0.2) is 6.61 Å². The van der Waals surface area contributed by atoms with Crippen LogP contribution in [-0.4, -0.2) is 30.4 Å². The molecule has 8 heteroatoms. The minimum absolute atomic E-state index is 0.121. The fraction of sp³-hybridized carbons (Fsp3) is 0.190. The minimum Gasteiger partial charge on any atom is -0.452 e. The monoisotopic (exact) mass is 460 g/mol. The van der Waals surface area contributed by atoms with Crippen LogP contribution in [0.1, 0.15) is 18.9 Å². The van der Waals surface area contributed by atoms with Gasteiger partial charge in [-0.25, -0.2) is 9.18 Å². The molecule has 0 aromatic heterocycles. The first-order valence-corrected chi connectivity index (χ1v) is 9.65. The van der Waals surface area contributed by atoms with Gasteiger partial charge in [-0.1, -0.05) is 28.1 Å². The van der Waals surface area contributed by atoms with Crippen LogP contribution in [-0.2, 0) is 19.1 Å². The van der Waals surface area contributed by atoms with Gasteiger partial charge in [0.05, 0.1) is 11.4 Å². The van der Waals surface area contributed by atoms with Gasteiger partial charge in [-0.15, -0.1) is 0 Å². The summed E-state index contributed by atoms with van der Waals surface area (Å²) in [5, 5.41) is 2.76. The molecule has 1 N–H and O–H groups in total. The van der Waals surface area contributed by atoms with E-state index in [0.29, 0.717) is 15.8 Å². The number of halogens is 2. The van der Waals surface area contributed by atoms with Crippen molar-refractivity contribution in [1.29, 1.82) is 0 Å². The van der Waals surface area contributed by atoms with Gasteiger partial charge < -0.3 is 15.0 Å². The highest BCUT2D eigenvalue weighted by Crippen LogP contribution is 2.31. The molecule has 0 aliphatic carbocycles. The number of fused-ring (bicyclic) bond motifs is 1. The predicted octanol–water partition coefficient (Wildman–Crippen LogP) is 3.91. The molecule has 0 saturated carbocycles. The van der Waals surface area contributed by atoms with Gasteiger partial charge >= 0.3 is 5.97 Å². The number of hydrogen-bond donors (Lipinski definition) is 1. The Bertz CT molecular complexity index is 992. The molecule has 2 amide bonds. The number of benzene rings is 2. The third-order valence-corrected chi connectivity index (χ3v) is 4.82. The topological polar surface area (TPSA) is 75.7 Å². The number of carbonyl (C=O) groups is 3. The van der Waals surface area contributed by atoms with Crippen LogP contribution in [0.25, 0.3) is 6.08 Å². The molecule has 3 rings (SSSR count). The number of nitrogens with zero attached hydrogens (tertiary/aromatic N) is 1. The van der Waals surface area contributed by atoms with E-state index in [1.54, 1.807) is 37.3 Å². The number of amides is 2. The van der Waals surface area contributed by atoms with Gasteiger partial charge in [0, 0.05) is 28.6 Å². The Morgan fingerprint density at radius 1 is 1.31 bits per heavy atom. The fourth-order valence-electron chi connectivity index (χ4n) is 3.02. The van der Waals surface area contributed by atoms with Crippen molar-refractivity contribution in [1.82, 2.24) is 0 Å². The quantitative estimate of drug-likeness (QED) is 0.554. The zero-order valence-corrected chi connectivity index (χ0v) is 17.1. The van der Waals surface area contributed by atoms with E-state index in [2.05, 4.69) is 21.2 Å². The Labute approximate surface area is 175 Å². The van der Waals surface area contributed by atoms with Crippen LogP contribution in [0, 0.1) is 5.82 Å². The highest BCUT2D eigenvalue weighted by atomic mass is 79.9. The second kappa shape index (κ2) is 9.00. The van der Waals surface area contributed by atoms with Crippen molar-refractivity contribution in [3.05, 3.63) is 64.4 Å². The molecule has 2 aromatic carbocycles. The van der Waals surface area contributed by atoms with E-state index in [1.807, 2.05) is 0 Å². The minimum atomic E-state index is -0.775. The molecule has 0 spiro atoms. The lowest BCUT2D eigenvalue weighted by Crippen LogP contribution is -2.41. The average Bonchev–Trinajstić information content (AvgIpc) is 2.81. The van der Waals surface area contributed by atoms with Crippen molar-refractivity contribution in [2.45, 2.75) is 19.4 Å². The molecule has 1 heterocycles. The van der Waals surface area contributed by atoms with E-state index in [4.69, 9.17) is 4.74 Å². The van der Waals surface area contributed by atoms with Gasteiger partial charge in [0.1, 0.15) is 5.82 Å². The first kappa shape index (κ1) is 20.7. The van der Waals surface area contributed by atoms with E-state index in [1.165, 1.54) is 23.1 Å². The molecule has 1 atom stereocenters. The zero-order valence-electron chi connectivity index (χ0n) is 15.5. The van der Waals surface area contributed by atoms with Crippen molar-refractivity contribution in [3.8, 4) is 0 Å². The summed E-state index contributed by atoms with van der Waals surface area (Å²) in [5.41, 5.74) is 1.27. The predicted molar refractivity (Wildman–Crippen MR) is 111 cm³/mol. The second-order valence-corrected chi connectivity index (χ2v) is 7.40. The Kier molecular flexibility index (Phi) is 6.43. The standard InChI is InChI=1S/C21H18BrFN2O4/c1-13-10-19(26)24-17-4-2-3-5-18(17)25(13)20(27)12-29-21(28)9-6-14-11-15(22)7-8-16(14)23/h2-9,11,13H,10,12H2,1H3,(H,24,26)/b9-6+/t13-/m0/s1. The molecule has 6 nitrogen and oxygen atoms in total. The van der Waals surface area contributed by atoms with Gasteiger partial charge in [-0.3, -0.25) is 9.59 Å². The number of hydrogen-bond acceptors (Lipinski definition) is 4. The number of carbonyl (C=O) groups excluding carboxylic acids is 3. The highest BCUT2D eigenvalue weighted by molar-refractivity contribution is 9.10. The number of rotatable bonds is 4. The first-order chi connectivity index (χ1) is 13.8. The maximum Gasteiger partial charge on any atom is 0.331 e. The third-order valence-electron chi connectivity index (χ3n) is 4.32. The van der Waals surface area contributed by atoms with Crippen LogP contribution in [0.5, 0.6) is 0 Å². The molecule has 2 aromatic rings. The molecule has 0 bridgehead atoms. The Hall–Kier alpha value is -3.00. The maximum atomic E-state index is 13.7. The summed E-state index contributed by atoms with van der Waals surface area (Å²) < 4.78 is 19.4. The van der Waals surface area contributed by atoms with E-state index < -0.39 is 30.3 Å². The summed E-state index contributed by atoms with van der Waals surface area (Å²) in [6.07, 6.45) is 2.46. The van der Waals surface area contributed by atoms with Crippen molar-refractivity contribution in [3.63, 3.8) is 0 Å². The molecule has 0 radical (unpaired) electrons. The smallest absolute Gasteiger partial charge is 0.331 e. The lowest BCUT2D eigenvalue weighted by Gasteiger charge is -2.27. The maximum absolute atomic E-state index is 13.7. The lowest BCUT2D eigenvalue weighted by atomic mass is 10.1. The summed E-state index contributed by atoms with van der Waals surface area (Å²) in [6, 6.07) is 10.9. The fourth-order valence-corrected chi connectivity index (χ4v) is 3.40. The van der Waals surface area contributed by atoms with E-state index in [9.17, 15) is 18.8 Å². The van der Waals surface area contributed by atoms with Crippen LogP contribution in [0.4, 0.5) is 15.8 Å². The van der Waals surface area contributed by atoms with Crippen LogP contribution in [0.15, 0.2) is 53.0 Å². The van der Waals surface area contributed by atoms with Gasteiger partial charge in [0.2, 0.25) is 5.91 Å². The van der Waals surface area contributed by atoms with Crippen LogP contribution < -0.4 is 10.2 Å². The summed E-state index contributed by atoms with van der Waals surface area (Å²) >= 11 is 3.23.